The van der Waals surface area contributed by atoms with Crippen LogP contribution in [0, 0.1) is 0 Å². The molecule has 1 aromatic heterocycles. The number of carboxylic acid groups (broad SMARTS) is 1. The van der Waals surface area contributed by atoms with Crippen LogP contribution in [0.15, 0.2) is 30.3 Å². The van der Waals surface area contributed by atoms with E-state index in [1.54, 1.807) is 17.8 Å². The van der Waals surface area contributed by atoms with E-state index in [1.165, 1.54) is 0 Å². The fourth-order valence-corrected chi connectivity index (χ4v) is 2.83. The lowest BCUT2D eigenvalue weighted by Crippen LogP contribution is -2.32. The summed E-state index contributed by atoms with van der Waals surface area (Å²) in [6.07, 6.45) is 2.06. The molecule has 1 unspecified atom stereocenters. The Hall–Kier alpha value is -1.75. The highest BCUT2D eigenvalue weighted by Gasteiger charge is 2.17. The molecule has 106 valence electrons. The first-order valence-corrected chi connectivity index (χ1v) is 7.79. The summed E-state index contributed by atoms with van der Waals surface area (Å²) < 4.78 is 0. The average Bonchev–Trinajstić information content (AvgIpc) is 2.45. The summed E-state index contributed by atoms with van der Waals surface area (Å²) in [5, 5.41) is 11.1. The topological polar surface area (TPSA) is 53.4 Å². The van der Waals surface area contributed by atoms with Crippen molar-refractivity contribution in [2.24, 2.45) is 0 Å². The van der Waals surface area contributed by atoms with E-state index in [0.29, 0.717) is 0 Å². The lowest BCUT2D eigenvalue weighted by molar-refractivity contribution is 0.0691. The largest absolute Gasteiger partial charge is 0.477 e. The summed E-state index contributed by atoms with van der Waals surface area (Å²) in [4.78, 5) is 17.6. The molecule has 0 aliphatic carbocycles. The molecule has 2 rings (SSSR count). The number of aromatic nitrogens is 1. The van der Waals surface area contributed by atoms with Gasteiger partial charge in [-0.1, -0.05) is 24.3 Å². The molecule has 20 heavy (non-hydrogen) atoms. The first-order valence-electron chi connectivity index (χ1n) is 6.39. The van der Waals surface area contributed by atoms with Gasteiger partial charge in [0.25, 0.3) is 0 Å². The highest BCUT2D eigenvalue weighted by atomic mass is 32.2. The maximum Gasteiger partial charge on any atom is 0.354 e. The molecule has 0 amide bonds. The second-order valence-corrected chi connectivity index (χ2v) is 5.68. The van der Waals surface area contributed by atoms with E-state index in [4.69, 9.17) is 0 Å². The van der Waals surface area contributed by atoms with Crippen LogP contribution in [-0.4, -0.2) is 41.2 Å². The van der Waals surface area contributed by atoms with Crippen molar-refractivity contribution in [2.75, 3.05) is 24.0 Å². The molecule has 0 aliphatic heterocycles. The molecule has 0 saturated carbocycles. The average molecular weight is 290 g/mol. The maximum absolute atomic E-state index is 11.2. The molecule has 0 spiro atoms. The summed E-state index contributed by atoms with van der Waals surface area (Å²) >= 11 is 1.76. The summed E-state index contributed by atoms with van der Waals surface area (Å²) in [7, 11) is 1.96. The fraction of sp³-hybridized carbons (Fsp3) is 0.333. The Morgan fingerprint density at radius 3 is 2.80 bits per heavy atom. The lowest BCUT2D eigenvalue weighted by Gasteiger charge is -2.26. The van der Waals surface area contributed by atoms with Crippen molar-refractivity contribution in [3.05, 3.63) is 36.0 Å². The summed E-state index contributed by atoms with van der Waals surface area (Å²) in [6, 6.07) is 9.65. The Labute approximate surface area is 122 Å². The van der Waals surface area contributed by atoms with Crippen LogP contribution >= 0.6 is 11.8 Å². The molecule has 0 saturated heterocycles. The second-order valence-electron chi connectivity index (χ2n) is 4.77. The van der Waals surface area contributed by atoms with Gasteiger partial charge >= 0.3 is 5.97 Å². The third-order valence-electron chi connectivity index (χ3n) is 3.34. The van der Waals surface area contributed by atoms with Gasteiger partial charge < -0.3 is 10.0 Å². The van der Waals surface area contributed by atoms with Crippen molar-refractivity contribution in [3.8, 4) is 0 Å². The van der Waals surface area contributed by atoms with Crippen LogP contribution in [0.25, 0.3) is 10.8 Å². The third kappa shape index (κ3) is 2.88. The predicted octanol–water partition coefficient (Wildman–Crippen LogP) is 3.12. The van der Waals surface area contributed by atoms with Crippen molar-refractivity contribution in [1.82, 2.24) is 4.98 Å². The molecule has 5 heteroatoms. The summed E-state index contributed by atoms with van der Waals surface area (Å²) in [5.41, 5.74) is 0.0851. The molecular weight excluding hydrogens is 272 g/mol. The van der Waals surface area contributed by atoms with Crippen molar-refractivity contribution in [2.45, 2.75) is 13.0 Å². The van der Waals surface area contributed by atoms with Crippen molar-refractivity contribution < 1.29 is 9.90 Å². The number of hydrogen-bond donors (Lipinski definition) is 1. The molecule has 0 aliphatic rings. The van der Waals surface area contributed by atoms with Crippen molar-refractivity contribution in [3.63, 3.8) is 0 Å². The minimum Gasteiger partial charge on any atom is -0.477 e. The van der Waals surface area contributed by atoms with Gasteiger partial charge in [-0.3, -0.25) is 0 Å². The van der Waals surface area contributed by atoms with E-state index in [-0.39, 0.29) is 11.7 Å². The van der Waals surface area contributed by atoms with Crippen LogP contribution in [0.4, 0.5) is 5.82 Å². The van der Waals surface area contributed by atoms with Gasteiger partial charge in [-0.15, -0.1) is 0 Å². The fourth-order valence-electron chi connectivity index (χ4n) is 2.12. The molecule has 2 aromatic rings. The van der Waals surface area contributed by atoms with Gasteiger partial charge in [-0.2, -0.15) is 11.8 Å². The quantitative estimate of drug-likeness (QED) is 0.917. The highest BCUT2D eigenvalue weighted by Crippen LogP contribution is 2.26. The van der Waals surface area contributed by atoms with Gasteiger partial charge in [0, 0.05) is 24.2 Å². The number of carbonyl (C=O) groups is 1. The number of pyridine rings is 1. The van der Waals surface area contributed by atoms with Crippen molar-refractivity contribution >= 4 is 34.3 Å². The predicted molar refractivity (Wildman–Crippen MR) is 84.9 cm³/mol. The zero-order valence-corrected chi connectivity index (χ0v) is 12.6. The zero-order chi connectivity index (χ0) is 14.7. The van der Waals surface area contributed by atoms with Crippen LogP contribution in [0.5, 0.6) is 0 Å². The van der Waals surface area contributed by atoms with E-state index in [2.05, 4.69) is 18.2 Å². The molecule has 1 heterocycles. The van der Waals surface area contributed by atoms with Crippen LogP contribution < -0.4 is 4.90 Å². The number of carboxylic acids is 1. The second kappa shape index (κ2) is 6.13. The van der Waals surface area contributed by atoms with Gasteiger partial charge in [0.1, 0.15) is 5.82 Å². The Balaban J connectivity index is 2.57. The summed E-state index contributed by atoms with van der Waals surface area (Å²) in [5.74, 6) is 0.689. The highest BCUT2D eigenvalue weighted by molar-refractivity contribution is 7.98. The van der Waals surface area contributed by atoms with Crippen LogP contribution in [0.3, 0.4) is 0 Å². The van der Waals surface area contributed by atoms with E-state index < -0.39 is 5.97 Å². The molecule has 4 nitrogen and oxygen atoms in total. The number of anilines is 1. The van der Waals surface area contributed by atoms with Crippen LogP contribution in [0.1, 0.15) is 17.4 Å². The Morgan fingerprint density at radius 1 is 1.45 bits per heavy atom. The van der Waals surface area contributed by atoms with Gasteiger partial charge in [0.2, 0.25) is 0 Å². The van der Waals surface area contributed by atoms with E-state index >= 15 is 0 Å². The molecule has 0 radical (unpaired) electrons. The van der Waals surface area contributed by atoms with E-state index in [1.807, 2.05) is 36.2 Å². The molecule has 1 N–H and O–H groups in total. The minimum atomic E-state index is -0.997. The van der Waals surface area contributed by atoms with E-state index in [9.17, 15) is 9.90 Å². The third-order valence-corrected chi connectivity index (χ3v) is 4.16. The number of benzene rings is 1. The standard InChI is InChI=1S/C15H18N2O2S/c1-10(9-20-3)17(2)14-12-7-5-4-6-11(12)8-13(16-14)15(18)19/h4-8,10H,9H2,1-3H3,(H,18,19). The lowest BCUT2D eigenvalue weighted by atomic mass is 10.1. The first kappa shape index (κ1) is 14.7. The Bertz CT molecular complexity index is 630. The monoisotopic (exact) mass is 290 g/mol. The van der Waals surface area contributed by atoms with Gasteiger partial charge in [-0.05, 0) is 24.6 Å². The zero-order valence-electron chi connectivity index (χ0n) is 11.8. The number of thioether (sulfide) groups is 1. The molecule has 0 fully saturated rings. The normalized spacial score (nSPS) is 12.3. The smallest absolute Gasteiger partial charge is 0.354 e. The number of rotatable bonds is 5. The molecule has 1 aromatic carbocycles. The maximum atomic E-state index is 11.2. The van der Waals surface area contributed by atoms with Crippen LogP contribution in [0.2, 0.25) is 0 Å². The number of aromatic carboxylic acids is 1. The molecular formula is C15H18N2O2S. The SMILES string of the molecule is CSCC(C)N(C)c1nc(C(=O)O)cc2ccccc12. The Morgan fingerprint density at radius 2 is 2.15 bits per heavy atom. The number of nitrogens with zero attached hydrogens (tertiary/aromatic N) is 2. The van der Waals surface area contributed by atoms with Gasteiger partial charge in [0.05, 0.1) is 0 Å². The van der Waals surface area contributed by atoms with Gasteiger partial charge in [0.15, 0.2) is 5.69 Å². The first-order chi connectivity index (χ1) is 9.54. The number of fused-ring (bicyclic) bond motifs is 1. The molecule has 0 bridgehead atoms. The van der Waals surface area contributed by atoms with Crippen molar-refractivity contribution in [1.29, 1.82) is 0 Å². The van der Waals surface area contributed by atoms with Gasteiger partial charge in [-0.25, -0.2) is 9.78 Å². The van der Waals surface area contributed by atoms with Crippen LogP contribution in [-0.2, 0) is 0 Å². The number of hydrogen-bond acceptors (Lipinski definition) is 4. The minimum absolute atomic E-state index is 0.0851. The Kier molecular flexibility index (Phi) is 4.49. The summed E-state index contributed by atoms with van der Waals surface area (Å²) in [6.45, 7) is 2.11. The molecule has 1 atom stereocenters. The van der Waals surface area contributed by atoms with E-state index in [0.717, 1.165) is 22.3 Å².